The number of aromatic nitrogens is 2. The monoisotopic (exact) mass is 257 g/mol. The number of ether oxygens (including phenoxy) is 1. The highest BCUT2D eigenvalue weighted by molar-refractivity contribution is 6.32. The number of rotatable bonds is 5. The van der Waals surface area contributed by atoms with Crippen LogP contribution in [0.25, 0.3) is 0 Å². The zero-order chi connectivity index (χ0) is 12.8. The van der Waals surface area contributed by atoms with E-state index in [9.17, 15) is 4.79 Å². The van der Waals surface area contributed by atoms with Gasteiger partial charge in [0, 0.05) is 6.04 Å². The SMILES string of the molecule is CCOC(=O)C(C)C(C)Nc1ncncc1Cl. The Morgan fingerprint density at radius 2 is 2.29 bits per heavy atom. The lowest BCUT2D eigenvalue weighted by molar-refractivity contribution is -0.147. The summed E-state index contributed by atoms with van der Waals surface area (Å²) in [6, 6.07) is -0.124. The number of hydrogen-bond donors (Lipinski definition) is 1. The molecule has 94 valence electrons. The Kier molecular flexibility index (Phi) is 5.15. The summed E-state index contributed by atoms with van der Waals surface area (Å²) < 4.78 is 4.95. The number of nitrogens with one attached hydrogen (secondary N) is 1. The van der Waals surface area contributed by atoms with E-state index in [0.29, 0.717) is 17.4 Å². The lowest BCUT2D eigenvalue weighted by Gasteiger charge is -2.20. The fourth-order valence-electron chi connectivity index (χ4n) is 1.24. The molecule has 17 heavy (non-hydrogen) atoms. The minimum absolute atomic E-state index is 0.124. The number of carbonyl (C=O) groups excluding carboxylic acids is 1. The molecule has 1 rings (SSSR count). The van der Waals surface area contributed by atoms with Crippen LogP contribution in [0.15, 0.2) is 12.5 Å². The number of halogens is 1. The van der Waals surface area contributed by atoms with Crippen LogP contribution in [0.5, 0.6) is 0 Å². The van der Waals surface area contributed by atoms with Gasteiger partial charge in [0.2, 0.25) is 0 Å². The average molecular weight is 258 g/mol. The average Bonchev–Trinajstić information content (AvgIpc) is 2.31. The molecule has 0 saturated heterocycles. The van der Waals surface area contributed by atoms with Crippen LogP contribution in [0.1, 0.15) is 20.8 Å². The third-order valence-corrected chi connectivity index (χ3v) is 2.72. The van der Waals surface area contributed by atoms with Gasteiger partial charge in [-0.2, -0.15) is 0 Å². The van der Waals surface area contributed by atoms with Gasteiger partial charge in [-0.3, -0.25) is 4.79 Å². The van der Waals surface area contributed by atoms with E-state index in [0.717, 1.165) is 0 Å². The fourth-order valence-corrected chi connectivity index (χ4v) is 1.40. The molecule has 0 bridgehead atoms. The first-order valence-electron chi connectivity index (χ1n) is 5.45. The Morgan fingerprint density at radius 3 is 2.88 bits per heavy atom. The summed E-state index contributed by atoms with van der Waals surface area (Å²) in [5.74, 6) is 0.00368. The smallest absolute Gasteiger partial charge is 0.310 e. The molecule has 0 aliphatic heterocycles. The molecule has 1 aromatic rings. The Hall–Kier alpha value is -1.36. The highest BCUT2D eigenvalue weighted by atomic mass is 35.5. The van der Waals surface area contributed by atoms with Crippen molar-refractivity contribution in [1.29, 1.82) is 0 Å². The minimum Gasteiger partial charge on any atom is -0.466 e. The van der Waals surface area contributed by atoms with Gasteiger partial charge in [0.25, 0.3) is 0 Å². The molecule has 6 heteroatoms. The number of nitrogens with zero attached hydrogens (tertiary/aromatic N) is 2. The van der Waals surface area contributed by atoms with E-state index in [2.05, 4.69) is 15.3 Å². The molecule has 0 aliphatic carbocycles. The predicted molar refractivity (Wildman–Crippen MR) is 65.9 cm³/mol. The topological polar surface area (TPSA) is 64.1 Å². The van der Waals surface area contributed by atoms with Crippen LogP contribution >= 0.6 is 11.6 Å². The molecule has 1 heterocycles. The normalized spacial score (nSPS) is 13.9. The molecule has 1 aromatic heterocycles. The highest BCUT2D eigenvalue weighted by Gasteiger charge is 2.22. The Balaban J connectivity index is 2.63. The third-order valence-electron chi connectivity index (χ3n) is 2.44. The van der Waals surface area contributed by atoms with E-state index in [-0.39, 0.29) is 17.9 Å². The minimum atomic E-state index is -0.277. The summed E-state index contributed by atoms with van der Waals surface area (Å²) >= 11 is 5.91. The first kappa shape index (κ1) is 13.7. The van der Waals surface area contributed by atoms with E-state index in [1.165, 1.54) is 12.5 Å². The molecule has 0 aromatic carbocycles. The van der Waals surface area contributed by atoms with Crippen LogP contribution in [-0.4, -0.2) is 28.6 Å². The molecule has 0 radical (unpaired) electrons. The van der Waals surface area contributed by atoms with E-state index in [4.69, 9.17) is 16.3 Å². The van der Waals surface area contributed by atoms with Crippen molar-refractivity contribution in [2.45, 2.75) is 26.8 Å². The Bertz CT molecular complexity index is 387. The second-order valence-electron chi connectivity index (χ2n) is 3.69. The Labute approximate surface area is 106 Å². The second kappa shape index (κ2) is 6.39. The lowest BCUT2D eigenvalue weighted by Crippen LogP contribution is -2.31. The van der Waals surface area contributed by atoms with Gasteiger partial charge in [0.15, 0.2) is 0 Å². The van der Waals surface area contributed by atoms with Crippen molar-refractivity contribution < 1.29 is 9.53 Å². The van der Waals surface area contributed by atoms with Gasteiger partial charge in [-0.1, -0.05) is 11.6 Å². The van der Waals surface area contributed by atoms with Crippen LogP contribution in [0.4, 0.5) is 5.82 Å². The standard InChI is InChI=1S/C11H16ClN3O2/c1-4-17-11(16)7(2)8(3)15-10-9(12)5-13-6-14-10/h5-8H,4H2,1-3H3,(H,13,14,15). The molecule has 2 atom stereocenters. The van der Waals surface area contributed by atoms with E-state index in [1.807, 2.05) is 6.92 Å². The van der Waals surface area contributed by atoms with Crippen LogP contribution in [-0.2, 0) is 9.53 Å². The molecule has 1 N–H and O–H groups in total. The quantitative estimate of drug-likeness (QED) is 0.819. The maximum Gasteiger partial charge on any atom is 0.310 e. The van der Waals surface area contributed by atoms with Gasteiger partial charge in [0.05, 0.1) is 18.7 Å². The van der Waals surface area contributed by atoms with Gasteiger partial charge in [-0.25, -0.2) is 9.97 Å². The molecule has 0 aliphatic rings. The number of hydrogen-bond acceptors (Lipinski definition) is 5. The summed E-state index contributed by atoms with van der Waals surface area (Å²) in [6.45, 7) is 5.83. The van der Waals surface area contributed by atoms with Crippen LogP contribution in [0.3, 0.4) is 0 Å². The van der Waals surface area contributed by atoms with Crippen molar-refractivity contribution >= 4 is 23.4 Å². The maximum absolute atomic E-state index is 11.5. The maximum atomic E-state index is 11.5. The predicted octanol–water partition coefficient (Wildman–Crippen LogP) is 2.13. The van der Waals surface area contributed by atoms with Gasteiger partial charge in [0.1, 0.15) is 17.2 Å². The molecule has 2 unspecified atom stereocenters. The summed E-state index contributed by atoms with van der Waals surface area (Å²) in [4.78, 5) is 19.3. The molecule has 5 nitrogen and oxygen atoms in total. The molecule has 0 saturated carbocycles. The number of esters is 1. The largest absolute Gasteiger partial charge is 0.466 e. The van der Waals surface area contributed by atoms with E-state index < -0.39 is 0 Å². The Morgan fingerprint density at radius 1 is 1.59 bits per heavy atom. The van der Waals surface area contributed by atoms with Crippen molar-refractivity contribution in [2.24, 2.45) is 5.92 Å². The summed E-state index contributed by atoms with van der Waals surface area (Å²) in [5, 5.41) is 3.49. The van der Waals surface area contributed by atoms with E-state index >= 15 is 0 Å². The first-order chi connectivity index (χ1) is 8.06. The molecule has 0 spiro atoms. The summed E-state index contributed by atoms with van der Waals surface area (Å²) in [5.41, 5.74) is 0. The van der Waals surface area contributed by atoms with E-state index in [1.54, 1.807) is 13.8 Å². The first-order valence-corrected chi connectivity index (χ1v) is 5.82. The number of anilines is 1. The fraction of sp³-hybridized carbons (Fsp3) is 0.545. The lowest BCUT2D eigenvalue weighted by atomic mass is 10.0. The number of carbonyl (C=O) groups is 1. The molecule has 0 fully saturated rings. The van der Waals surface area contributed by atoms with Crippen molar-refractivity contribution in [3.63, 3.8) is 0 Å². The van der Waals surface area contributed by atoms with Gasteiger partial charge in [-0.15, -0.1) is 0 Å². The van der Waals surface area contributed by atoms with Crippen LogP contribution < -0.4 is 5.32 Å². The third kappa shape index (κ3) is 3.85. The van der Waals surface area contributed by atoms with Crippen LogP contribution in [0.2, 0.25) is 5.02 Å². The zero-order valence-corrected chi connectivity index (χ0v) is 10.9. The van der Waals surface area contributed by atoms with Crippen LogP contribution in [0, 0.1) is 5.92 Å². The van der Waals surface area contributed by atoms with Crippen molar-refractivity contribution in [2.75, 3.05) is 11.9 Å². The zero-order valence-electron chi connectivity index (χ0n) is 10.1. The summed E-state index contributed by atoms with van der Waals surface area (Å²) in [6.07, 6.45) is 2.90. The molecule has 0 amide bonds. The second-order valence-corrected chi connectivity index (χ2v) is 4.10. The van der Waals surface area contributed by atoms with Crippen molar-refractivity contribution in [3.05, 3.63) is 17.5 Å². The highest BCUT2D eigenvalue weighted by Crippen LogP contribution is 2.19. The van der Waals surface area contributed by atoms with Crippen molar-refractivity contribution in [3.8, 4) is 0 Å². The van der Waals surface area contributed by atoms with Gasteiger partial charge in [-0.05, 0) is 20.8 Å². The molecular formula is C11H16ClN3O2. The van der Waals surface area contributed by atoms with Gasteiger partial charge < -0.3 is 10.1 Å². The summed E-state index contributed by atoms with van der Waals surface area (Å²) in [7, 11) is 0. The van der Waals surface area contributed by atoms with Crippen molar-refractivity contribution in [1.82, 2.24) is 9.97 Å². The van der Waals surface area contributed by atoms with Gasteiger partial charge >= 0.3 is 5.97 Å². The molecular weight excluding hydrogens is 242 g/mol.